The van der Waals surface area contributed by atoms with Crippen molar-refractivity contribution >= 4 is 11.6 Å². The fraction of sp³-hybridized carbons (Fsp3) is 0.235. The molecule has 0 saturated carbocycles. The van der Waals surface area contributed by atoms with Crippen molar-refractivity contribution in [1.82, 2.24) is 19.7 Å². The lowest BCUT2D eigenvalue weighted by Crippen LogP contribution is -2.13. The van der Waals surface area contributed by atoms with E-state index >= 15 is 0 Å². The van der Waals surface area contributed by atoms with Crippen LogP contribution in [0.15, 0.2) is 36.8 Å². The van der Waals surface area contributed by atoms with Crippen LogP contribution in [0.1, 0.15) is 34.4 Å². The molecule has 0 spiro atoms. The minimum absolute atomic E-state index is 0.155. The molecule has 0 atom stereocenters. The first kappa shape index (κ1) is 15.0. The van der Waals surface area contributed by atoms with Crippen LogP contribution in [0.3, 0.4) is 0 Å². The van der Waals surface area contributed by atoms with Crippen LogP contribution in [-0.2, 0) is 6.42 Å². The van der Waals surface area contributed by atoms with E-state index in [0.29, 0.717) is 5.56 Å². The molecule has 3 rings (SSSR count). The van der Waals surface area contributed by atoms with Crippen LogP contribution in [0, 0.1) is 13.8 Å². The number of H-pyrrole nitrogens is 1. The lowest BCUT2D eigenvalue weighted by molar-refractivity contribution is 0.102. The van der Waals surface area contributed by atoms with E-state index in [1.54, 1.807) is 12.5 Å². The first-order chi connectivity index (χ1) is 11.1. The van der Waals surface area contributed by atoms with Gasteiger partial charge in [0.2, 0.25) is 0 Å². The summed E-state index contributed by atoms with van der Waals surface area (Å²) >= 11 is 0. The van der Waals surface area contributed by atoms with Gasteiger partial charge < -0.3 is 9.88 Å². The Morgan fingerprint density at radius 1 is 1.26 bits per heavy atom. The highest BCUT2D eigenvalue weighted by Crippen LogP contribution is 2.17. The number of carbonyl (C=O) groups excluding carboxylic acids is 1. The maximum Gasteiger partial charge on any atom is 0.259 e. The maximum atomic E-state index is 12.3. The third-order valence-corrected chi connectivity index (χ3v) is 3.97. The second-order valence-corrected chi connectivity index (χ2v) is 5.40. The summed E-state index contributed by atoms with van der Waals surface area (Å²) in [4.78, 5) is 16.6. The van der Waals surface area contributed by atoms with Gasteiger partial charge in [-0.3, -0.25) is 9.89 Å². The van der Waals surface area contributed by atoms with Crippen molar-refractivity contribution in [3.05, 3.63) is 59.4 Å². The Labute approximate surface area is 134 Å². The summed E-state index contributed by atoms with van der Waals surface area (Å²) in [5.41, 5.74) is 5.29. The zero-order chi connectivity index (χ0) is 16.4. The smallest absolute Gasteiger partial charge is 0.259 e. The molecule has 0 aliphatic carbocycles. The molecule has 0 unspecified atom stereocenters. The normalized spacial score (nSPS) is 10.7. The highest BCUT2D eigenvalue weighted by molar-refractivity contribution is 6.04. The molecule has 118 valence electrons. The van der Waals surface area contributed by atoms with Crippen LogP contribution < -0.4 is 5.32 Å². The molecule has 0 radical (unpaired) electrons. The third kappa shape index (κ3) is 2.88. The molecule has 2 aromatic heterocycles. The van der Waals surface area contributed by atoms with Crippen molar-refractivity contribution in [3.8, 4) is 5.69 Å². The first-order valence-corrected chi connectivity index (χ1v) is 7.54. The Morgan fingerprint density at radius 3 is 2.61 bits per heavy atom. The zero-order valence-corrected chi connectivity index (χ0v) is 13.4. The van der Waals surface area contributed by atoms with E-state index in [1.165, 1.54) is 0 Å². The molecule has 0 aliphatic rings. The van der Waals surface area contributed by atoms with Crippen LogP contribution in [0.2, 0.25) is 0 Å². The topological polar surface area (TPSA) is 75.6 Å². The van der Waals surface area contributed by atoms with E-state index < -0.39 is 0 Å². The Hall–Kier alpha value is -2.89. The minimum Gasteiger partial charge on any atom is -0.322 e. The van der Waals surface area contributed by atoms with Crippen LogP contribution in [0.4, 0.5) is 5.69 Å². The number of hydrogen-bond acceptors (Lipinski definition) is 3. The van der Waals surface area contributed by atoms with E-state index in [-0.39, 0.29) is 5.91 Å². The maximum absolute atomic E-state index is 12.3. The number of anilines is 1. The predicted molar refractivity (Wildman–Crippen MR) is 89.0 cm³/mol. The summed E-state index contributed by atoms with van der Waals surface area (Å²) in [6, 6.07) is 7.68. The highest BCUT2D eigenvalue weighted by atomic mass is 16.1. The van der Waals surface area contributed by atoms with Crippen LogP contribution in [-0.4, -0.2) is 25.7 Å². The number of aromatic amines is 1. The van der Waals surface area contributed by atoms with Gasteiger partial charge >= 0.3 is 0 Å². The van der Waals surface area contributed by atoms with Gasteiger partial charge in [-0.05, 0) is 44.5 Å². The largest absolute Gasteiger partial charge is 0.322 e. The van der Waals surface area contributed by atoms with Gasteiger partial charge in [0.05, 0.1) is 23.8 Å². The number of nitrogens with zero attached hydrogens (tertiary/aromatic N) is 3. The van der Waals surface area contributed by atoms with Gasteiger partial charge in [0.1, 0.15) is 0 Å². The summed E-state index contributed by atoms with van der Waals surface area (Å²) in [7, 11) is 0. The van der Waals surface area contributed by atoms with Crippen molar-refractivity contribution in [2.24, 2.45) is 0 Å². The minimum atomic E-state index is -0.155. The van der Waals surface area contributed by atoms with Gasteiger partial charge in [0.15, 0.2) is 0 Å². The fourth-order valence-corrected chi connectivity index (χ4v) is 2.44. The third-order valence-electron chi connectivity index (χ3n) is 3.97. The van der Waals surface area contributed by atoms with E-state index in [2.05, 4.69) is 20.5 Å². The zero-order valence-electron chi connectivity index (χ0n) is 13.4. The predicted octanol–water partition coefficient (Wildman–Crippen LogP) is 3.03. The highest BCUT2D eigenvalue weighted by Gasteiger charge is 2.12. The van der Waals surface area contributed by atoms with Gasteiger partial charge in [-0.1, -0.05) is 6.92 Å². The monoisotopic (exact) mass is 309 g/mol. The van der Waals surface area contributed by atoms with Gasteiger partial charge in [0.25, 0.3) is 5.91 Å². The molecule has 0 aliphatic heterocycles. The number of rotatable bonds is 4. The molecule has 1 aromatic carbocycles. The van der Waals surface area contributed by atoms with Gasteiger partial charge in [-0.25, -0.2) is 4.98 Å². The molecule has 0 bridgehead atoms. The van der Waals surface area contributed by atoms with E-state index in [9.17, 15) is 4.79 Å². The molecule has 23 heavy (non-hydrogen) atoms. The average molecular weight is 309 g/mol. The summed E-state index contributed by atoms with van der Waals surface area (Å²) in [6.45, 7) is 5.99. The van der Waals surface area contributed by atoms with Gasteiger partial charge in [0, 0.05) is 22.8 Å². The molecule has 6 nitrogen and oxygen atoms in total. The summed E-state index contributed by atoms with van der Waals surface area (Å²) in [5, 5.41) is 9.66. The van der Waals surface area contributed by atoms with Gasteiger partial charge in [-0.15, -0.1) is 0 Å². The second-order valence-electron chi connectivity index (χ2n) is 5.40. The van der Waals surface area contributed by atoms with Crippen LogP contribution in [0.5, 0.6) is 0 Å². The SMILES string of the molecule is CCc1[nH]ncc1C(=O)Nc1ccc(-n2cnc(C)c2C)cc1. The van der Waals surface area contributed by atoms with Crippen LogP contribution in [0.25, 0.3) is 5.69 Å². The molecule has 2 N–H and O–H groups in total. The van der Waals surface area contributed by atoms with Crippen molar-refractivity contribution < 1.29 is 4.79 Å². The molecule has 2 heterocycles. The number of hydrogen-bond donors (Lipinski definition) is 2. The van der Waals surface area contributed by atoms with Crippen molar-refractivity contribution in [3.63, 3.8) is 0 Å². The molecule has 0 fully saturated rings. The Balaban J connectivity index is 1.78. The molecular formula is C17H19N5O. The van der Waals surface area contributed by atoms with Gasteiger partial charge in [-0.2, -0.15) is 5.10 Å². The Morgan fingerprint density at radius 2 is 2.00 bits per heavy atom. The number of benzene rings is 1. The summed E-state index contributed by atoms with van der Waals surface area (Å²) in [5.74, 6) is -0.155. The van der Waals surface area contributed by atoms with Crippen molar-refractivity contribution in [2.75, 3.05) is 5.32 Å². The molecule has 0 saturated heterocycles. The van der Waals surface area contributed by atoms with Crippen molar-refractivity contribution in [2.45, 2.75) is 27.2 Å². The first-order valence-electron chi connectivity index (χ1n) is 7.54. The van der Waals surface area contributed by atoms with Crippen molar-refractivity contribution in [1.29, 1.82) is 0 Å². The molecule has 3 aromatic rings. The fourth-order valence-electron chi connectivity index (χ4n) is 2.44. The average Bonchev–Trinajstić information content (AvgIpc) is 3.16. The second kappa shape index (κ2) is 6.08. The molecular weight excluding hydrogens is 290 g/mol. The number of aromatic nitrogens is 4. The summed E-state index contributed by atoms with van der Waals surface area (Å²) < 4.78 is 2.02. The quantitative estimate of drug-likeness (QED) is 0.778. The Bertz CT molecular complexity index is 829. The summed E-state index contributed by atoms with van der Waals surface area (Å²) in [6.07, 6.45) is 4.10. The van der Waals surface area contributed by atoms with E-state index in [0.717, 1.165) is 34.9 Å². The van der Waals surface area contributed by atoms with E-state index in [4.69, 9.17) is 0 Å². The standard InChI is InChI=1S/C17H19N5O/c1-4-16-15(9-19-21-16)17(23)20-13-5-7-14(8-6-13)22-10-18-11(2)12(22)3/h5-10H,4H2,1-3H3,(H,19,21)(H,20,23). The lowest BCUT2D eigenvalue weighted by Gasteiger charge is -2.08. The Kier molecular flexibility index (Phi) is 3.97. The number of imidazole rings is 1. The number of nitrogens with one attached hydrogen (secondary N) is 2. The lowest BCUT2D eigenvalue weighted by atomic mass is 10.2. The molecule has 6 heteroatoms. The number of amides is 1. The number of carbonyl (C=O) groups is 1. The number of aryl methyl sites for hydroxylation is 2. The van der Waals surface area contributed by atoms with E-state index in [1.807, 2.05) is 49.6 Å². The molecule has 1 amide bonds. The van der Waals surface area contributed by atoms with Crippen LogP contribution >= 0.6 is 0 Å².